The second kappa shape index (κ2) is 4.26. The number of benzene rings is 1. The summed E-state index contributed by atoms with van der Waals surface area (Å²) in [4.78, 5) is 9.65. The first-order chi connectivity index (χ1) is 10.1. The summed E-state index contributed by atoms with van der Waals surface area (Å²) in [5.74, 6) is 0.171. The number of fused-ring (bicyclic) bond motifs is 3. The van der Waals surface area contributed by atoms with Crippen molar-refractivity contribution in [1.82, 2.24) is 14.5 Å². The molecule has 0 bridgehead atoms. The fraction of sp³-hybridized carbons (Fsp3) is 0.0667. The molecule has 0 atom stereocenters. The van der Waals surface area contributed by atoms with E-state index >= 15 is 0 Å². The molecule has 0 unspecified atom stereocenters. The zero-order valence-corrected chi connectivity index (χ0v) is 12.0. The first-order valence-corrected chi connectivity index (χ1v) is 7.21. The van der Waals surface area contributed by atoms with E-state index in [0.717, 1.165) is 26.2 Å². The van der Waals surface area contributed by atoms with Gasteiger partial charge in [-0.15, -0.1) is 11.3 Å². The van der Waals surface area contributed by atoms with Gasteiger partial charge in [0.25, 0.3) is 0 Å². The molecule has 3 aromatic heterocycles. The number of hydrogen-bond donors (Lipinski definition) is 1. The third-order valence-corrected chi connectivity index (χ3v) is 4.64. The van der Waals surface area contributed by atoms with Gasteiger partial charge in [-0.2, -0.15) is 0 Å². The number of thiophene rings is 1. The Morgan fingerprint density at radius 3 is 2.95 bits per heavy atom. The summed E-state index contributed by atoms with van der Waals surface area (Å²) < 4.78 is 16.3. The van der Waals surface area contributed by atoms with Crippen molar-refractivity contribution in [2.75, 3.05) is 5.73 Å². The highest BCUT2D eigenvalue weighted by molar-refractivity contribution is 7.23. The molecule has 4 aromatic rings. The Morgan fingerprint density at radius 2 is 2.14 bits per heavy atom. The van der Waals surface area contributed by atoms with Crippen molar-refractivity contribution in [3.63, 3.8) is 0 Å². The maximum absolute atomic E-state index is 13.4. The number of aryl methyl sites for hydroxylation is 1. The minimum absolute atomic E-state index is 0.247. The lowest BCUT2D eigenvalue weighted by Crippen LogP contribution is -1.92. The average molecular weight is 298 g/mol. The number of halogens is 1. The molecule has 0 aliphatic carbocycles. The van der Waals surface area contributed by atoms with Crippen LogP contribution in [0.2, 0.25) is 0 Å². The molecule has 0 aliphatic rings. The van der Waals surface area contributed by atoms with Crippen molar-refractivity contribution in [1.29, 1.82) is 0 Å². The molecule has 0 spiro atoms. The van der Waals surface area contributed by atoms with Crippen LogP contribution in [0.1, 0.15) is 0 Å². The van der Waals surface area contributed by atoms with E-state index in [2.05, 4.69) is 9.97 Å². The molecule has 0 radical (unpaired) electrons. The largest absolute Gasteiger partial charge is 0.382 e. The summed E-state index contributed by atoms with van der Waals surface area (Å²) in [6.45, 7) is 0. The molecule has 104 valence electrons. The van der Waals surface area contributed by atoms with Gasteiger partial charge in [-0.1, -0.05) is 12.1 Å². The summed E-state index contributed by atoms with van der Waals surface area (Å²) in [6.07, 6.45) is 1.73. The molecule has 1 aromatic carbocycles. The first kappa shape index (κ1) is 12.3. The molecule has 0 saturated carbocycles. The molecule has 21 heavy (non-hydrogen) atoms. The van der Waals surface area contributed by atoms with E-state index in [4.69, 9.17) is 5.73 Å². The van der Waals surface area contributed by atoms with Crippen molar-refractivity contribution in [2.24, 2.45) is 7.05 Å². The predicted octanol–water partition coefficient (Wildman–Crippen LogP) is 3.57. The number of imidazole rings is 1. The van der Waals surface area contributed by atoms with Crippen LogP contribution in [0.25, 0.3) is 31.7 Å². The second-order valence-electron chi connectivity index (χ2n) is 4.89. The minimum Gasteiger partial charge on any atom is -0.382 e. The molecule has 4 rings (SSSR count). The SMILES string of the molecule is Cn1cnc2c(N)nc3cc(-c4cccc(F)c4)sc3c21. The van der Waals surface area contributed by atoms with Crippen molar-refractivity contribution in [2.45, 2.75) is 0 Å². The van der Waals surface area contributed by atoms with Crippen LogP contribution in [0.3, 0.4) is 0 Å². The van der Waals surface area contributed by atoms with Crippen molar-refractivity contribution in [3.05, 3.63) is 42.5 Å². The zero-order chi connectivity index (χ0) is 14.6. The van der Waals surface area contributed by atoms with Gasteiger partial charge in [0.15, 0.2) is 5.82 Å². The Hall–Kier alpha value is -2.47. The van der Waals surface area contributed by atoms with Crippen LogP contribution in [0, 0.1) is 5.82 Å². The van der Waals surface area contributed by atoms with E-state index in [0.29, 0.717) is 11.3 Å². The Labute approximate surface area is 123 Å². The molecule has 0 fully saturated rings. The molecule has 6 heteroatoms. The third-order valence-electron chi connectivity index (χ3n) is 3.46. The first-order valence-electron chi connectivity index (χ1n) is 6.39. The molecule has 2 N–H and O–H groups in total. The number of aromatic nitrogens is 3. The summed E-state index contributed by atoms with van der Waals surface area (Å²) in [7, 11) is 1.93. The minimum atomic E-state index is -0.247. The number of pyridine rings is 1. The summed E-state index contributed by atoms with van der Waals surface area (Å²) in [6, 6.07) is 8.49. The van der Waals surface area contributed by atoms with Gasteiger partial charge in [-0.05, 0) is 23.8 Å². The molecular weight excluding hydrogens is 287 g/mol. The van der Waals surface area contributed by atoms with Gasteiger partial charge in [0.2, 0.25) is 0 Å². The van der Waals surface area contributed by atoms with Crippen LogP contribution in [-0.2, 0) is 7.05 Å². The second-order valence-corrected chi connectivity index (χ2v) is 5.94. The lowest BCUT2D eigenvalue weighted by Gasteiger charge is -1.98. The topological polar surface area (TPSA) is 56.7 Å². The lowest BCUT2D eigenvalue weighted by atomic mass is 10.2. The average Bonchev–Trinajstić information content (AvgIpc) is 3.03. The van der Waals surface area contributed by atoms with Gasteiger partial charge in [-0.25, -0.2) is 14.4 Å². The van der Waals surface area contributed by atoms with Crippen molar-refractivity contribution >= 4 is 38.4 Å². The molecule has 0 saturated heterocycles. The fourth-order valence-electron chi connectivity index (χ4n) is 2.49. The molecule has 4 nitrogen and oxygen atoms in total. The maximum Gasteiger partial charge on any atom is 0.152 e. The van der Waals surface area contributed by atoms with Crippen LogP contribution < -0.4 is 5.73 Å². The highest BCUT2D eigenvalue weighted by Gasteiger charge is 2.14. The van der Waals surface area contributed by atoms with Crippen LogP contribution in [0.5, 0.6) is 0 Å². The van der Waals surface area contributed by atoms with Crippen LogP contribution in [-0.4, -0.2) is 14.5 Å². The van der Waals surface area contributed by atoms with E-state index in [-0.39, 0.29) is 5.82 Å². The molecule has 0 aliphatic heterocycles. The standard InChI is InChI=1S/C15H11FN4S/c1-20-7-18-12-13(20)14-10(19-15(12)17)6-11(21-14)8-3-2-4-9(16)5-8/h2-7H,1H3,(H2,17,19). The summed E-state index contributed by atoms with van der Waals surface area (Å²) in [5, 5.41) is 0. The quantitative estimate of drug-likeness (QED) is 0.584. The third kappa shape index (κ3) is 1.80. The van der Waals surface area contributed by atoms with Gasteiger partial charge >= 0.3 is 0 Å². The van der Waals surface area contributed by atoms with Crippen molar-refractivity contribution in [3.8, 4) is 10.4 Å². The highest BCUT2D eigenvalue weighted by atomic mass is 32.1. The molecule has 0 amide bonds. The van der Waals surface area contributed by atoms with Gasteiger partial charge < -0.3 is 10.3 Å². The van der Waals surface area contributed by atoms with Crippen LogP contribution >= 0.6 is 11.3 Å². The van der Waals surface area contributed by atoms with E-state index in [1.807, 2.05) is 23.7 Å². The number of nitrogen functional groups attached to an aromatic ring is 1. The fourth-order valence-corrected chi connectivity index (χ4v) is 3.67. The smallest absolute Gasteiger partial charge is 0.152 e. The van der Waals surface area contributed by atoms with E-state index in [1.165, 1.54) is 12.1 Å². The van der Waals surface area contributed by atoms with E-state index in [1.54, 1.807) is 23.7 Å². The summed E-state index contributed by atoms with van der Waals surface area (Å²) >= 11 is 1.57. The normalized spacial score (nSPS) is 11.5. The monoisotopic (exact) mass is 298 g/mol. The lowest BCUT2D eigenvalue weighted by molar-refractivity contribution is 0.628. The maximum atomic E-state index is 13.4. The van der Waals surface area contributed by atoms with Gasteiger partial charge in [0, 0.05) is 11.9 Å². The number of nitrogens with two attached hydrogens (primary N) is 1. The van der Waals surface area contributed by atoms with Crippen LogP contribution in [0.4, 0.5) is 10.2 Å². The Kier molecular flexibility index (Phi) is 2.49. The number of rotatable bonds is 1. The van der Waals surface area contributed by atoms with Gasteiger partial charge in [0.05, 0.1) is 22.1 Å². The highest BCUT2D eigenvalue weighted by Crippen LogP contribution is 2.37. The Morgan fingerprint density at radius 1 is 1.29 bits per heavy atom. The number of anilines is 1. The van der Waals surface area contributed by atoms with E-state index < -0.39 is 0 Å². The Bertz CT molecular complexity index is 986. The molecular formula is C15H11FN4S. The summed E-state index contributed by atoms with van der Waals surface area (Å²) in [5.41, 5.74) is 9.29. The Balaban J connectivity index is 2.06. The van der Waals surface area contributed by atoms with Gasteiger partial charge in [0.1, 0.15) is 11.3 Å². The number of nitrogens with zero attached hydrogens (tertiary/aromatic N) is 3. The molecule has 3 heterocycles. The number of hydrogen-bond acceptors (Lipinski definition) is 4. The predicted molar refractivity (Wildman–Crippen MR) is 83.7 cm³/mol. The van der Waals surface area contributed by atoms with Gasteiger partial charge in [-0.3, -0.25) is 0 Å². The zero-order valence-electron chi connectivity index (χ0n) is 11.2. The van der Waals surface area contributed by atoms with E-state index in [9.17, 15) is 4.39 Å². The van der Waals surface area contributed by atoms with Crippen LogP contribution in [0.15, 0.2) is 36.7 Å². The van der Waals surface area contributed by atoms with Crippen molar-refractivity contribution < 1.29 is 4.39 Å².